The van der Waals surface area contributed by atoms with E-state index in [0.29, 0.717) is 6.04 Å². The summed E-state index contributed by atoms with van der Waals surface area (Å²) in [7, 11) is 0. The summed E-state index contributed by atoms with van der Waals surface area (Å²) in [6.45, 7) is 4.53. The number of carbonyl (C=O) groups excluding carboxylic acids is 1. The molecule has 112 valence electrons. The van der Waals surface area contributed by atoms with Crippen LogP contribution in [-0.4, -0.2) is 43.1 Å². The first-order chi connectivity index (χ1) is 9.04. The highest BCUT2D eigenvalue weighted by molar-refractivity contribution is 14.1. The fraction of sp³-hybridized carbons (Fsp3) is 0.462. The van der Waals surface area contributed by atoms with Crippen molar-refractivity contribution in [3.63, 3.8) is 0 Å². The molecule has 0 bridgehead atoms. The van der Waals surface area contributed by atoms with Crippen LogP contribution in [-0.2, 0) is 4.79 Å². The number of hydrogen-bond donors (Lipinski definition) is 1. The van der Waals surface area contributed by atoms with E-state index in [1.807, 2.05) is 23.1 Å². The summed E-state index contributed by atoms with van der Waals surface area (Å²) in [5, 5.41) is 3.31. The molecule has 1 aromatic carbocycles. The Hall–Kier alpha value is -0.0500. The third-order valence-electron chi connectivity index (χ3n) is 2.92. The van der Waals surface area contributed by atoms with Gasteiger partial charge in [-0.25, -0.2) is 0 Å². The van der Waals surface area contributed by atoms with E-state index in [4.69, 9.17) is 4.74 Å². The van der Waals surface area contributed by atoms with E-state index in [9.17, 15) is 4.79 Å². The second-order valence-corrected chi connectivity index (χ2v) is 6.75. The van der Waals surface area contributed by atoms with Crippen LogP contribution in [0.25, 0.3) is 0 Å². The summed E-state index contributed by atoms with van der Waals surface area (Å²) < 4.78 is 7.60. The van der Waals surface area contributed by atoms with E-state index in [-0.39, 0.29) is 24.9 Å². The molecule has 1 fully saturated rings. The predicted octanol–water partition coefficient (Wildman–Crippen LogP) is 2.67. The van der Waals surface area contributed by atoms with Gasteiger partial charge < -0.3 is 15.0 Å². The lowest BCUT2D eigenvalue weighted by Gasteiger charge is -2.31. The van der Waals surface area contributed by atoms with E-state index in [1.165, 1.54) is 0 Å². The zero-order valence-corrected chi connectivity index (χ0v) is 15.6. The van der Waals surface area contributed by atoms with Crippen LogP contribution >= 0.6 is 50.9 Å². The van der Waals surface area contributed by atoms with Gasteiger partial charge in [0.05, 0.1) is 0 Å². The average Bonchev–Trinajstić information content (AvgIpc) is 2.35. The Kier molecular flexibility index (Phi) is 7.57. The van der Waals surface area contributed by atoms with Crippen LogP contribution in [0.15, 0.2) is 22.7 Å². The highest BCUT2D eigenvalue weighted by Gasteiger charge is 2.20. The van der Waals surface area contributed by atoms with Crippen molar-refractivity contribution in [2.24, 2.45) is 0 Å². The van der Waals surface area contributed by atoms with Gasteiger partial charge in [-0.05, 0) is 47.7 Å². The maximum Gasteiger partial charge on any atom is 0.260 e. The van der Waals surface area contributed by atoms with E-state index in [1.54, 1.807) is 0 Å². The van der Waals surface area contributed by atoms with E-state index >= 15 is 0 Å². The minimum absolute atomic E-state index is 0. The molecule has 2 rings (SSSR count). The van der Waals surface area contributed by atoms with Gasteiger partial charge in [0.2, 0.25) is 0 Å². The Morgan fingerprint density at radius 2 is 2.30 bits per heavy atom. The zero-order valence-electron chi connectivity index (χ0n) is 11.1. The maximum atomic E-state index is 12.0. The van der Waals surface area contributed by atoms with Gasteiger partial charge in [0, 0.05) is 33.7 Å². The molecule has 7 heteroatoms. The van der Waals surface area contributed by atoms with Gasteiger partial charge in [0.1, 0.15) is 5.75 Å². The monoisotopic (exact) mass is 474 g/mol. The van der Waals surface area contributed by atoms with Crippen LogP contribution in [0.4, 0.5) is 0 Å². The molecular weight excluding hydrogens is 458 g/mol. The Labute approximate surface area is 147 Å². The molecule has 0 spiro atoms. The summed E-state index contributed by atoms with van der Waals surface area (Å²) in [5.74, 6) is 0.763. The largest absolute Gasteiger partial charge is 0.484 e. The molecule has 1 unspecified atom stereocenters. The second kappa shape index (κ2) is 8.41. The molecule has 1 aliphatic rings. The number of nitrogens with one attached hydrogen (secondary N) is 1. The van der Waals surface area contributed by atoms with E-state index < -0.39 is 0 Å². The molecule has 4 nitrogen and oxygen atoms in total. The van der Waals surface area contributed by atoms with Crippen molar-refractivity contribution in [2.75, 3.05) is 26.2 Å². The Balaban J connectivity index is 0.00000200. The third kappa shape index (κ3) is 5.38. The Bertz CT molecular complexity index is 455. The quantitative estimate of drug-likeness (QED) is 0.684. The first kappa shape index (κ1) is 18.0. The molecule has 0 radical (unpaired) electrons. The minimum atomic E-state index is 0. The van der Waals surface area contributed by atoms with Crippen LogP contribution in [0.2, 0.25) is 0 Å². The topological polar surface area (TPSA) is 41.6 Å². The minimum Gasteiger partial charge on any atom is -0.484 e. The van der Waals surface area contributed by atoms with Crippen LogP contribution in [0.3, 0.4) is 0 Å². The number of rotatable bonds is 3. The standard InChI is InChI=1S/C13H16BrIN2O2.ClH/c1-9-7-17(3-2-16-9)13(18)8-19-12-5-10(14)4-11(15)6-12;/h4-6,9,16H,2-3,7-8H2,1H3;1H. The van der Waals surface area contributed by atoms with Gasteiger partial charge in [-0.15, -0.1) is 12.4 Å². The molecule has 0 aliphatic carbocycles. The highest BCUT2D eigenvalue weighted by Crippen LogP contribution is 2.22. The SMILES string of the molecule is CC1CN(C(=O)COc2cc(Br)cc(I)c2)CCN1.Cl. The highest BCUT2D eigenvalue weighted by atomic mass is 127. The molecule has 1 aromatic rings. The summed E-state index contributed by atoms with van der Waals surface area (Å²) >= 11 is 5.64. The molecule has 1 saturated heterocycles. The zero-order chi connectivity index (χ0) is 13.8. The first-order valence-corrected chi connectivity index (χ1v) is 8.02. The second-order valence-electron chi connectivity index (χ2n) is 4.59. The lowest BCUT2D eigenvalue weighted by Crippen LogP contribution is -2.52. The predicted molar refractivity (Wildman–Crippen MR) is 93.6 cm³/mol. The van der Waals surface area contributed by atoms with E-state index in [0.717, 1.165) is 33.4 Å². The van der Waals surface area contributed by atoms with Gasteiger partial charge in [-0.2, -0.15) is 0 Å². The number of nitrogens with zero attached hydrogens (tertiary/aromatic N) is 1. The van der Waals surface area contributed by atoms with Crippen LogP contribution in [0, 0.1) is 3.57 Å². The van der Waals surface area contributed by atoms with E-state index in [2.05, 4.69) is 50.8 Å². The van der Waals surface area contributed by atoms with Gasteiger partial charge in [0.15, 0.2) is 6.61 Å². The normalized spacial score (nSPS) is 18.4. The lowest BCUT2D eigenvalue weighted by molar-refractivity contribution is -0.134. The number of ether oxygens (including phenoxy) is 1. The number of halogens is 3. The fourth-order valence-electron chi connectivity index (χ4n) is 2.01. The summed E-state index contributed by atoms with van der Waals surface area (Å²) in [4.78, 5) is 13.9. The van der Waals surface area contributed by atoms with Crippen molar-refractivity contribution in [1.29, 1.82) is 0 Å². The average molecular weight is 476 g/mol. The van der Waals surface area contributed by atoms with Crippen molar-refractivity contribution < 1.29 is 9.53 Å². The number of hydrogen-bond acceptors (Lipinski definition) is 3. The van der Waals surface area contributed by atoms with Crippen LogP contribution < -0.4 is 10.1 Å². The van der Waals surface area contributed by atoms with Crippen molar-refractivity contribution in [1.82, 2.24) is 10.2 Å². The van der Waals surface area contributed by atoms with Gasteiger partial charge in [-0.3, -0.25) is 4.79 Å². The summed E-state index contributed by atoms with van der Waals surface area (Å²) in [6, 6.07) is 6.13. The number of amides is 1. The number of piperazine rings is 1. The Morgan fingerprint density at radius 1 is 1.55 bits per heavy atom. The van der Waals surface area contributed by atoms with Crippen molar-refractivity contribution >= 4 is 56.8 Å². The van der Waals surface area contributed by atoms with Crippen molar-refractivity contribution in [3.8, 4) is 5.75 Å². The summed E-state index contributed by atoms with van der Waals surface area (Å²) in [6.07, 6.45) is 0. The first-order valence-electron chi connectivity index (χ1n) is 6.14. The number of benzene rings is 1. The van der Waals surface area contributed by atoms with Crippen molar-refractivity contribution in [2.45, 2.75) is 13.0 Å². The van der Waals surface area contributed by atoms with Crippen LogP contribution in [0.1, 0.15) is 6.92 Å². The summed E-state index contributed by atoms with van der Waals surface area (Å²) in [5.41, 5.74) is 0. The van der Waals surface area contributed by atoms with Gasteiger partial charge in [0.25, 0.3) is 5.91 Å². The van der Waals surface area contributed by atoms with Crippen LogP contribution in [0.5, 0.6) is 5.75 Å². The molecule has 0 aromatic heterocycles. The maximum absolute atomic E-state index is 12.0. The molecule has 1 heterocycles. The molecule has 1 N–H and O–H groups in total. The Morgan fingerprint density at radius 3 is 2.95 bits per heavy atom. The molecular formula is C13H17BrClIN2O2. The smallest absolute Gasteiger partial charge is 0.260 e. The third-order valence-corrected chi connectivity index (χ3v) is 4.00. The molecule has 1 amide bonds. The fourth-order valence-corrected chi connectivity index (χ4v) is 3.55. The van der Waals surface area contributed by atoms with Gasteiger partial charge >= 0.3 is 0 Å². The lowest BCUT2D eigenvalue weighted by atomic mass is 10.2. The molecule has 1 atom stereocenters. The molecule has 0 saturated carbocycles. The van der Waals surface area contributed by atoms with Crippen molar-refractivity contribution in [3.05, 3.63) is 26.2 Å². The molecule has 1 aliphatic heterocycles. The molecule has 20 heavy (non-hydrogen) atoms. The number of carbonyl (C=O) groups is 1. The van der Waals surface area contributed by atoms with Gasteiger partial charge in [-0.1, -0.05) is 15.9 Å².